The van der Waals surface area contributed by atoms with Crippen LogP contribution in [0, 0.1) is 5.92 Å². The Hall–Kier alpha value is -2.82. The lowest BCUT2D eigenvalue weighted by atomic mass is 10.2. The average Bonchev–Trinajstić information content (AvgIpc) is 2.74. The summed E-state index contributed by atoms with van der Waals surface area (Å²) in [5, 5.41) is 0.621. The van der Waals surface area contributed by atoms with Crippen LogP contribution < -0.4 is 26.6 Å². The molecule has 3 N–H and O–H groups in total. The van der Waals surface area contributed by atoms with Crippen molar-refractivity contribution in [2.24, 2.45) is 5.92 Å². The summed E-state index contributed by atoms with van der Waals surface area (Å²) in [5.74, 6) is 0.384. The number of H-pyrrole nitrogens is 1. The molecule has 0 unspecified atom stereocenters. The second-order valence-electron chi connectivity index (χ2n) is 8.08. The molecule has 1 aromatic heterocycles. The number of aromatic nitrogens is 2. The Morgan fingerprint density at radius 3 is 2.45 bits per heavy atom. The van der Waals surface area contributed by atoms with E-state index in [9.17, 15) is 14.4 Å². The van der Waals surface area contributed by atoms with Crippen molar-refractivity contribution in [2.45, 2.75) is 20.4 Å². The standard InChI is InChI=1S/C22H32ClN5O5/c1-15(2)13-28-20(24)19(21(30)25-22(28)31)27(10-11-32-4)18(29)14-26(3)9-12-33-17-7-5-16(23)6-8-17/h5-8,15H,9-14,24H2,1-4H3,(H,25,30,31). The van der Waals surface area contributed by atoms with Crippen LogP contribution in [0.15, 0.2) is 33.9 Å². The Morgan fingerprint density at radius 1 is 1.18 bits per heavy atom. The van der Waals surface area contributed by atoms with E-state index in [2.05, 4.69) is 4.98 Å². The minimum absolute atomic E-state index is 0.00980. The van der Waals surface area contributed by atoms with Crippen molar-refractivity contribution in [3.05, 3.63) is 50.1 Å². The van der Waals surface area contributed by atoms with E-state index >= 15 is 0 Å². The summed E-state index contributed by atoms with van der Waals surface area (Å²) >= 11 is 5.87. The molecular weight excluding hydrogens is 450 g/mol. The van der Waals surface area contributed by atoms with Gasteiger partial charge >= 0.3 is 5.69 Å². The fourth-order valence-corrected chi connectivity index (χ4v) is 3.30. The van der Waals surface area contributed by atoms with Crippen LogP contribution in [0.4, 0.5) is 11.5 Å². The molecule has 182 valence electrons. The van der Waals surface area contributed by atoms with Crippen molar-refractivity contribution in [1.82, 2.24) is 14.5 Å². The van der Waals surface area contributed by atoms with Crippen LogP contribution in [-0.2, 0) is 16.1 Å². The van der Waals surface area contributed by atoms with Crippen LogP contribution in [0.5, 0.6) is 5.75 Å². The third-order valence-electron chi connectivity index (χ3n) is 4.81. The van der Waals surface area contributed by atoms with Gasteiger partial charge in [0.1, 0.15) is 18.2 Å². The molecular formula is C22H32ClN5O5. The van der Waals surface area contributed by atoms with Gasteiger partial charge in [-0.3, -0.25) is 24.0 Å². The molecule has 0 atom stereocenters. The van der Waals surface area contributed by atoms with Crippen molar-refractivity contribution in [3.63, 3.8) is 0 Å². The van der Waals surface area contributed by atoms with E-state index in [1.54, 1.807) is 36.2 Å². The maximum absolute atomic E-state index is 13.1. The topological polar surface area (TPSA) is 123 Å². The molecule has 11 heteroatoms. The fraction of sp³-hybridized carbons (Fsp3) is 0.500. The third kappa shape index (κ3) is 7.62. The summed E-state index contributed by atoms with van der Waals surface area (Å²) in [7, 11) is 3.26. The van der Waals surface area contributed by atoms with E-state index in [0.29, 0.717) is 30.5 Å². The molecule has 0 bridgehead atoms. The van der Waals surface area contributed by atoms with Crippen molar-refractivity contribution < 1.29 is 14.3 Å². The van der Waals surface area contributed by atoms with Crippen LogP contribution in [-0.4, -0.2) is 67.4 Å². The highest BCUT2D eigenvalue weighted by Crippen LogP contribution is 2.18. The van der Waals surface area contributed by atoms with E-state index in [0.717, 1.165) is 0 Å². The van der Waals surface area contributed by atoms with Crippen LogP contribution in [0.1, 0.15) is 13.8 Å². The van der Waals surface area contributed by atoms with Gasteiger partial charge in [0.25, 0.3) is 5.56 Å². The number of nitrogen functional groups attached to an aromatic ring is 1. The zero-order chi connectivity index (χ0) is 24.5. The average molecular weight is 482 g/mol. The summed E-state index contributed by atoms with van der Waals surface area (Å²) in [6, 6.07) is 7.00. The van der Waals surface area contributed by atoms with Gasteiger partial charge in [-0.25, -0.2) is 4.79 Å². The quantitative estimate of drug-likeness (QED) is 0.470. The number of likely N-dealkylation sites (N-methyl/N-ethyl adjacent to an activating group) is 1. The molecule has 0 saturated carbocycles. The van der Waals surface area contributed by atoms with E-state index in [1.807, 2.05) is 13.8 Å². The highest BCUT2D eigenvalue weighted by atomic mass is 35.5. The number of halogens is 1. The van der Waals surface area contributed by atoms with Gasteiger partial charge in [0, 0.05) is 31.8 Å². The zero-order valence-corrected chi connectivity index (χ0v) is 20.2. The molecule has 1 amide bonds. The fourth-order valence-electron chi connectivity index (χ4n) is 3.17. The number of ether oxygens (including phenoxy) is 2. The minimum atomic E-state index is -0.712. The number of hydrogen-bond donors (Lipinski definition) is 2. The van der Waals surface area contributed by atoms with E-state index < -0.39 is 11.2 Å². The Labute approximate surface area is 197 Å². The summed E-state index contributed by atoms with van der Waals surface area (Å²) < 4.78 is 12.1. The van der Waals surface area contributed by atoms with E-state index in [1.165, 1.54) is 16.6 Å². The summed E-state index contributed by atoms with van der Waals surface area (Å²) in [6.45, 7) is 5.28. The molecule has 0 fully saturated rings. The summed E-state index contributed by atoms with van der Waals surface area (Å²) in [4.78, 5) is 43.3. The largest absolute Gasteiger partial charge is 0.492 e. The number of nitrogens with two attached hydrogens (primary N) is 1. The van der Waals surface area contributed by atoms with Gasteiger partial charge in [-0.05, 0) is 37.2 Å². The molecule has 0 saturated heterocycles. The molecule has 1 heterocycles. The number of rotatable bonds is 12. The number of hydrogen-bond acceptors (Lipinski definition) is 7. The normalized spacial score (nSPS) is 11.2. The SMILES string of the molecule is COCCN(C(=O)CN(C)CCOc1ccc(Cl)cc1)c1c(N)n(CC(C)C)c(=O)[nH]c1=O. The molecule has 0 aliphatic carbocycles. The number of carbonyl (C=O) groups is 1. The van der Waals surface area contributed by atoms with Gasteiger partial charge < -0.3 is 20.1 Å². The maximum Gasteiger partial charge on any atom is 0.330 e. The molecule has 0 radical (unpaired) electrons. The maximum atomic E-state index is 13.1. The second-order valence-corrected chi connectivity index (χ2v) is 8.51. The van der Waals surface area contributed by atoms with E-state index in [4.69, 9.17) is 26.8 Å². The number of nitrogens with one attached hydrogen (secondary N) is 1. The Kier molecular flexibility index (Phi) is 9.95. The van der Waals surface area contributed by atoms with Gasteiger partial charge in [0.2, 0.25) is 5.91 Å². The number of nitrogens with zero attached hydrogens (tertiary/aromatic N) is 3. The van der Waals surface area contributed by atoms with Gasteiger partial charge in [-0.15, -0.1) is 0 Å². The number of methoxy groups -OCH3 is 1. The number of aromatic amines is 1. The minimum Gasteiger partial charge on any atom is -0.492 e. The van der Waals surface area contributed by atoms with Gasteiger partial charge in [0.05, 0.1) is 13.2 Å². The number of anilines is 2. The summed E-state index contributed by atoms with van der Waals surface area (Å²) in [6.07, 6.45) is 0. The molecule has 0 spiro atoms. The van der Waals surface area contributed by atoms with Crippen molar-refractivity contribution in [2.75, 3.05) is 57.6 Å². The molecule has 0 aliphatic heterocycles. The first kappa shape index (κ1) is 26.4. The highest BCUT2D eigenvalue weighted by Gasteiger charge is 2.25. The smallest absolute Gasteiger partial charge is 0.330 e. The van der Waals surface area contributed by atoms with Gasteiger partial charge in [-0.1, -0.05) is 25.4 Å². The van der Waals surface area contributed by atoms with Crippen molar-refractivity contribution in [1.29, 1.82) is 0 Å². The Morgan fingerprint density at radius 2 is 1.85 bits per heavy atom. The lowest BCUT2D eigenvalue weighted by Gasteiger charge is -2.26. The number of carbonyl (C=O) groups excluding carboxylic acids is 1. The predicted octanol–water partition coefficient (Wildman–Crippen LogP) is 1.42. The number of amides is 1. The Balaban J connectivity index is 2.15. The number of benzene rings is 1. The zero-order valence-electron chi connectivity index (χ0n) is 19.5. The molecule has 33 heavy (non-hydrogen) atoms. The van der Waals surface area contributed by atoms with Gasteiger partial charge in [-0.2, -0.15) is 0 Å². The lowest BCUT2D eigenvalue weighted by Crippen LogP contribution is -2.46. The van der Waals surface area contributed by atoms with E-state index in [-0.39, 0.29) is 43.0 Å². The molecule has 10 nitrogen and oxygen atoms in total. The van der Waals surface area contributed by atoms with Crippen LogP contribution in [0.3, 0.4) is 0 Å². The highest BCUT2D eigenvalue weighted by molar-refractivity contribution is 6.30. The van der Waals surface area contributed by atoms with Crippen LogP contribution in [0.25, 0.3) is 0 Å². The molecule has 2 aromatic rings. The van der Waals surface area contributed by atoms with Crippen LogP contribution >= 0.6 is 11.6 Å². The first-order chi connectivity index (χ1) is 15.6. The molecule has 0 aliphatic rings. The van der Waals surface area contributed by atoms with Crippen LogP contribution in [0.2, 0.25) is 5.02 Å². The predicted molar refractivity (Wildman–Crippen MR) is 129 cm³/mol. The molecule has 1 aromatic carbocycles. The first-order valence-corrected chi connectivity index (χ1v) is 11.0. The molecule has 2 rings (SSSR count). The first-order valence-electron chi connectivity index (χ1n) is 10.6. The van der Waals surface area contributed by atoms with Crippen molar-refractivity contribution >= 4 is 29.0 Å². The third-order valence-corrected chi connectivity index (χ3v) is 5.06. The Bertz CT molecular complexity index is 1030. The summed E-state index contributed by atoms with van der Waals surface area (Å²) in [5.41, 5.74) is 4.82. The monoisotopic (exact) mass is 481 g/mol. The lowest BCUT2D eigenvalue weighted by molar-refractivity contribution is -0.119. The van der Waals surface area contributed by atoms with Crippen molar-refractivity contribution in [3.8, 4) is 5.75 Å². The second kappa shape index (κ2) is 12.4. The van der Waals surface area contributed by atoms with Gasteiger partial charge in [0.15, 0.2) is 5.69 Å².